The van der Waals surface area contributed by atoms with Crippen LogP contribution in [0.3, 0.4) is 0 Å². The van der Waals surface area contributed by atoms with E-state index in [1.54, 1.807) is 24.9 Å². The van der Waals surface area contributed by atoms with Crippen LogP contribution in [0.5, 0.6) is 17.2 Å². The Morgan fingerprint density at radius 3 is 2.36 bits per heavy atom. The molecule has 6 heteroatoms. The van der Waals surface area contributed by atoms with Crippen molar-refractivity contribution in [3.8, 4) is 17.2 Å². The first-order chi connectivity index (χ1) is 13.5. The first kappa shape index (κ1) is 20.3. The normalized spacial score (nSPS) is 16.0. The number of pyridine rings is 1. The number of piperidine rings is 1. The molecule has 1 atom stereocenters. The molecule has 1 aromatic heterocycles. The van der Waals surface area contributed by atoms with E-state index >= 15 is 0 Å². The van der Waals surface area contributed by atoms with Gasteiger partial charge in [-0.3, -0.25) is 9.69 Å². The van der Waals surface area contributed by atoms with Crippen LogP contribution >= 0.6 is 0 Å². The number of aromatic nitrogens is 1. The molecule has 28 heavy (non-hydrogen) atoms. The van der Waals surface area contributed by atoms with E-state index in [-0.39, 0.29) is 17.4 Å². The van der Waals surface area contributed by atoms with Gasteiger partial charge in [-0.15, -0.1) is 0 Å². The first-order valence-electron chi connectivity index (χ1n) is 9.91. The molecule has 6 nitrogen and oxygen atoms in total. The van der Waals surface area contributed by atoms with Gasteiger partial charge in [0.1, 0.15) is 5.75 Å². The maximum absolute atomic E-state index is 13.3. The van der Waals surface area contributed by atoms with Crippen LogP contribution in [0.4, 0.5) is 0 Å². The minimum Gasteiger partial charge on any atom is -0.507 e. The molecular formula is C22H30N2O4. The number of ether oxygens (including phenoxy) is 2. The van der Waals surface area contributed by atoms with Crippen LogP contribution < -0.4 is 15.0 Å². The summed E-state index contributed by atoms with van der Waals surface area (Å²) in [5, 5.41) is 10.8. The van der Waals surface area contributed by atoms with Crippen LogP contribution in [0.1, 0.15) is 49.0 Å². The van der Waals surface area contributed by atoms with E-state index in [1.807, 2.05) is 32.0 Å². The molecule has 0 saturated carbocycles. The summed E-state index contributed by atoms with van der Waals surface area (Å²) in [4.78, 5) is 15.6. The van der Waals surface area contributed by atoms with Crippen LogP contribution in [0, 0.1) is 6.92 Å². The zero-order chi connectivity index (χ0) is 20.3. The number of aromatic hydroxyl groups is 1. The molecule has 0 bridgehead atoms. The van der Waals surface area contributed by atoms with Gasteiger partial charge in [-0.25, -0.2) is 0 Å². The Morgan fingerprint density at radius 1 is 1.07 bits per heavy atom. The number of hydrogen-bond donors (Lipinski definition) is 1. The fourth-order valence-corrected chi connectivity index (χ4v) is 4.18. The van der Waals surface area contributed by atoms with Gasteiger partial charge in [0.25, 0.3) is 5.56 Å². The molecule has 2 heterocycles. The molecule has 1 aromatic carbocycles. The second-order valence-electron chi connectivity index (χ2n) is 7.25. The summed E-state index contributed by atoms with van der Waals surface area (Å²) in [6, 6.07) is 7.08. The third-order valence-corrected chi connectivity index (χ3v) is 5.59. The average molecular weight is 386 g/mol. The van der Waals surface area contributed by atoms with Gasteiger partial charge in [-0.05, 0) is 63.5 Å². The smallest absolute Gasteiger partial charge is 0.259 e. The van der Waals surface area contributed by atoms with Crippen molar-refractivity contribution in [3.63, 3.8) is 0 Å². The summed E-state index contributed by atoms with van der Waals surface area (Å²) in [6.45, 7) is 6.13. The Morgan fingerprint density at radius 2 is 1.75 bits per heavy atom. The molecule has 1 aliphatic rings. The van der Waals surface area contributed by atoms with Gasteiger partial charge >= 0.3 is 0 Å². The van der Waals surface area contributed by atoms with Crippen LogP contribution in [0.25, 0.3) is 0 Å². The van der Waals surface area contributed by atoms with Gasteiger partial charge in [-0.1, -0.05) is 12.5 Å². The number of nitrogens with zero attached hydrogens (tertiary/aromatic N) is 2. The standard InChI is InChI=1S/C22H30N2O4/c1-5-24-15(2)13-17(25)20(22(24)26)21(23-11-7-6-8-12-23)16-9-10-18(27-3)19(14-16)28-4/h9-10,13-14,21,25H,5-8,11-12H2,1-4H3. The predicted octanol–water partition coefficient (Wildman–Crippen LogP) is 3.47. The highest BCUT2D eigenvalue weighted by Crippen LogP contribution is 2.38. The second-order valence-corrected chi connectivity index (χ2v) is 7.25. The summed E-state index contributed by atoms with van der Waals surface area (Å²) in [5.41, 5.74) is 1.98. The van der Waals surface area contributed by atoms with Crippen molar-refractivity contribution in [2.75, 3.05) is 27.3 Å². The summed E-state index contributed by atoms with van der Waals surface area (Å²) < 4.78 is 12.6. The minimum atomic E-state index is -0.328. The van der Waals surface area contributed by atoms with Crippen molar-refractivity contribution in [2.24, 2.45) is 0 Å². The predicted molar refractivity (Wildman–Crippen MR) is 110 cm³/mol. The van der Waals surface area contributed by atoms with E-state index in [0.717, 1.165) is 37.2 Å². The highest BCUT2D eigenvalue weighted by molar-refractivity contribution is 5.48. The zero-order valence-corrected chi connectivity index (χ0v) is 17.2. The highest BCUT2D eigenvalue weighted by Gasteiger charge is 2.30. The first-order valence-corrected chi connectivity index (χ1v) is 9.91. The molecule has 0 amide bonds. The Labute approximate surface area is 166 Å². The molecule has 0 spiro atoms. The van der Waals surface area contributed by atoms with E-state index in [4.69, 9.17) is 9.47 Å². The molecular weight excluding hydrogens is 356 g/mol. The van der Waals surface area contributed by atoms with Crippen molar-refractivity contribution in [2.45, 2.75) is 45.7 Å². The molecule has 1 fully saturated rings. The lowest BCUT2D eigenvalue weighted by atomic mass is 9.94. The summed E-state index contributed by atoms with van der Waals surface area (Å²) >= 11 is 0. The van der Waals surface area contributed by atoms with E-state index in [0.29, 0.717) is 23.6 Å². The van der Waals surface area contributed by atoms with Crippen molar-refractivity contribution in [1.29, 1.82) is 0 Å². The van der Waals surface area contributed by atoms with E-state index < -0.39 is 0 Å². The van der Waals surface area contributed by atoms with Gasteiger partial charge in [0.15, 0.2) is 11.5 Å². The van der Waals surface area contributed by atoms with Crippen LogP contribution in [0.15, 0.2) is 29.1 Å². The Hall–Kier alpha value is -2.47. The maximum atomic E-state index is 13.3. The Bertz CT molecular complexity index is 885. The average Bonchev–Trinajstić information content (AvgIpc) is 2.71. The van der Waals surface area contributed by atoms with Crippen LogP contribution in [-0.2, 0) is 6.54 Å². The molecule has 152 valence electrons. The fraction of sp³-hybridized carbons (Fsp3) is 0.500. The molecule has 0 aliphatic carbocycles. The number of benzene rings is 1. The zero-order valence-electron chi connectivity index (χ0n) is 17.2. The Kier molecular flexibility index (Phi) is 6.29. The topological polar surface area (TPSA) is 63.9 Å². The highest BCUT2D eigenvalue weighted by atomic mass is 16.5. The second kappa shape index (κ2) is 8.69. The van der Waals surface area contributed by atoms with Gasteiger partial charge in [0, 0.05) is 12.2 Å². The number of rotatable bonds is 6. The molecule has 3 rings (SSSR count). The number of likely N-dealkylation sites (tertiary alicyclic amines) is 1. The molecule has 1 N–H and O–H groups in total. The summed E-state index contributed by atoms with van der Waals surface area (Å²) in [5.74, 6) is 1.31. The molecule has 0 radical (unpaired) electrons. The molecule has 2 aromatic rings. The summed E-state index contributed by atoms with van der Waals surface area (Å²) in [7, 11) is 3.20. The lowest BCUT2D eigenvalue weighted by Crippen LogP contribution is -2.38. The number of aryl methyl sites for hydroxylation is 1. The lowest BCUT2D eigenvalue weighted by molar-refractivity contribution is 0.183. The van der Waals surface area contributed by atoms with Crippen LogP contribution in [-0.4, -0.2) is 41.9 Å². The third-order valence-electron chi connectivity index (χ3n) is 5.59. The Balaban J connectivity index is 2.21. The summed E-state index contributed by atoms with van der Waals surface area (Å²) in [6.07, 6.45) is 3.35. The number of methoxy groups -OCH3 is 2. The van der Waals surface area contributed by atoms with Gasteiger partial charge in [0.2, 0.25) is 0 Å². The van der Waals surface area contributed by atoms with Crippen LogP contribution in [0.2, 0.25) is 0 Å². The van der Waals surface area contributed by atoms with Gasteiger partial charge in [-0.2, -0.15) is 0 Å². The fourth-order valence-electron chi connectivity index (χ4n) is 4.18. The number of hydrogen-bond acceptors (Lipinski definition) is 5. The largest absolute Gasteiger partial charge is 0.507 e. The molecule has 1 saturated heterocycles. The quantitative estimate of drug-likeness (QED) is 0.824. The van der Waals surface area contributed by atoms with Gasteiger partial charge < -0.3 is 19.1 Å². The minimum absolute atomic E-state index is 0.0533. The SMILES string of the molecule is CCn1c(C)cc(O)c(C(c2ccc(OC)c(OC)c2)N2CCCCC2)c1=O. The monoisotopic (exact) mass is 386 g/mol. The van der Waals surface area contributed by atoms with Crippen molar-refractivity contribution >= 4 is 0 Å². The van der Waals surface area contributed by atoms with Crippen molar-refractivity contribution in [1.82, 2.24) is 9.47 Å². The maximum Gasteiger partial charge on any atom is 0.259 e. The molecule has 1 unspecified atom stereocenters. The van der Waals surface area contributed by atoms with Crippen molar-refractivity contribution in [3.05, 3.63) is 51.4 Å². The van der Waals surface area contributed by atoms with E-state index in [1.165, 1.54) is 6.42 Å². The molecule has 1 aliphatic heterocycles. The third kappa shape index (κ3) is 3.74. The lowest BCUT2D eigenvalue weighted by Gasteiger charge is -2.35. The van der Waals surface area contributed by atoms with Gasteiger partial charge in [0.05, 0.1) is 25.8 Å². The van der Waals surface area contributed by atoms with Crippen molar-refractivity contribution < 1.29 is 14.6 Å². The van der Waals surface area contributed by atoms with E-state index in [9.17, 15) is 9.90 Å². The van der Waals surface area contributed by atoms with E-state index in [2.05, 4.69) is 4.90 Å².